The van der Waals surface area contributed by atoms with E-state index < -0.39 is 0 Å². The van der Waals surface area contributed by atoms with E-state index in [-0.39, 0.29) is 43.4 Å². The van der Waals surface area contributed by atoms with E-state index in [9.17, 15) is 38.4 Å². The van der Waals surface area contributed by atoms with Crippen molar-refractivity contribution in [1.82, 2.24) is 0 Å². The first kappa shape index (κ1) is 100. The maximum atomic E-state index is 11.7. The molecule has 0 aliphatic carbocycles. The summed E-state index contributed by atoms with van der Waals surface area (Å²) in [6.45, 7) is 32.0. The minimum atomic E-state index is 0.113. The second-order valence-corrected chi connectivity index (χ2v) is 29.7. The molecular formula is C103H142O8. The summed E-state index contributed by atoms with van der Waals surface area (Å²) in [6, 6.07) is 60.8. The highest BCUT2D eigenvalue weighted by molar-refractivity contribution is 5.26. The zero-order valence-corrected chi connectivity index (χ0v) is 71.7. The zero-order chi connectivity index (χ0) is 82.4. The molecule has 602 valence electrons. The van der Waals surface area contributed by atoms with E-state index in [4.69, 9.17) is 0 Å². The van der Waals surface area contributed by atoms with Gasteiger partial charge in [0.15, 0.2) is 43.4 Å². The van der Waals surface area contributed by atoms with Crippen LogP contribution in [0.2, 0.25) is 0 Å². The van der Waals surface area contributed by atoms with Gasteiger partial charge in [-0.1, -0.05) is 316 Å². The standard InChI is InChI=1S/C18H28O.C16H24O.C14H20O.C13H18O.C12H16O.C11H14O.C10H12O.C9H10O/c1-3-4-5-6-7-8-9-10-13-17-14-11-12-16(2)18(19)15-17;1-3-4-5-6-7-8-11-15-12-9-10-14(2)16(17)13-15;1-3-4-5-6-9-13-10-7-8-12(2)14(15)11-13;1-3-4-5-8-12-9-6-7-11(2)13(14)10-12;1-3-4-7-11-8-5-6-10(2)12(13)9-11;1-3-5-10-7-4-6-9(2)11(12)8-10;1-3-9-6-4-5-8(2)10(11)7-9;1-7-4-3-5-8(2)9(10)6-7/h11-12,14-15H,3-10,13H2,1-2H3;9-10,12-13H,3-8,11H2,1-2H3;7-8,10-11H,3-6,9H2,1-2H3;6-7,9-10H,3-5,8H2,1-2H3;5-6,8-9H,3-4,7H2,1-2H3;4,6-8H,3,5H2,1-2H3;4-7H,3H2,1-2H3;3-6H,1-2H3. The van der Waals surface area contributed by atoms with Crippen LogP contribution in [0, 0.1) is 62.3 Å². The molecule has 8 rings (SSSR count). The topological polar surface area (TPSA) is 137 Å². The Morgan fingerprint density at radius 2 is 0.351 bits per heavy atom. The Labute approximate surface area is 670 Å². The van der Waals surface area contributed by atoms with Gasteiger partial charge in [-0.3, -0.25) is 38.4 Å². The summed E-state index contributed by atoms with van der Waals surface area (Å²) in [5.41, 5.74) is 16.8. The largest absolute Gasteiger partial charge is 0.290 e. The molecule has 0 fully saturated rings. The Kier molecular flexibility index (Phi) is 57.5. The molecule has 8 heteroatoms. The van der Waals surface area contributed by atoms with Gasteiger partial charge in [0.1, 0.15) is 0 Å². The van der Waals surface area contributed by atoms with Gasteiger partial charge in [0.25, 0.3) is 0 Å². The molecule has 111 heavy (non-hydrogen) atoms. The lowest BCUT2D eigenvalue weighted by Gasteiger charge is -2.01. The fourth-order valence-electron chi connectivity index (χ4n) is 11.6. The smallest absolute Gasteiger partial charge is 0.181 e. The molecule has 8 nitrogen and oxygen atoms in total. The molecular weight excluding hydrogens is 1370 g/mol. The van der Waals surface area contributed by atoms with Crippen molar-refractivity contribution in [1.29, 1.82) is 0 Å². The Morgan fingerprint density at radius 1 is 0.171 bits per heavy atom. The first-order chi connectivity index (χ1) is 53.4. The van der Waals surface area contributed by atoms with Gasteiger partial charge >= 0.3 is 0 Å². The van der Waals surface area contributed by atoms with E-state index in [1.165, 1.54) is 158 Å². The van der Waals surface area contributed by atoms with Gasteiger partial charge in [-0.2, -0.15) is 0 Å². The van der Waals surface area contributed by atoms with Gasteiger partial charge in [-0.15, -0.1) is 0 Å². The van der Waals surface area contributed by atoms with Crippen molar-refractivity contribution >= 4 is 0 Å². The highest BCUT2D eigenvalue weighted by Gasteiger charge is 2.02. The lowest BCUT2D eigenvalue weighted by molar-refractivity contribution is 0.575. The summed E-state index contributed by atoms with van der Waals surface area (Å²) in [7, 11) is 0. The Bertz CT molecular complexity index is 4410. The first-order valence-corrected chi connectivity index (χ1v) is 42.1. The maximum absolute atomic E-state index is 11.7. The van der Waals surface area contributed by atoms with Crippen molar-refractivity contribution in [2.45, 2.75) is 310 Å². The quantitative estimate of drug-likeness (QED) is 0.0392. The summed E-state index contributed by atoms with van der Waals surface area (Å²) >= 11 is 0. The van der Waals surface area contributed by atoms with Gasteiger partial charge in [-0.25, -0.2) is 0 Å². The molecule has 0 unspecified atom stereocenters. The number of unbranched alkanes of at least 4 members (excludes halogenated alkanes) is 18. The van der Waals surface area contributed by atoms with Crippen molar-refractivity contribution in [3.63, 3.8) is 0 Å². The molecule has 0 aromatic heterocycles. The maximum Gasteiger partial charge on any atom is 0.181 e. The summed E-state index contributed by atoms with van der Waals surface area (Å²) < 4.78 is 0. The summed E-state index contributed by atoms with van der Waals surface area (Å²) in [6.07, 6.45) is 37.6. The molecule has 0 radical (unpaired) electrons. The molecule has 0 bridgehead atoms. The van der Waals surface area contributed by atoms with Crippen LogP contribution in [-0.2, 0) is 44.9 Å². The van der Waals surface area contributed by atoms with Crippen LogP contribution in [0.25, 0.3) is 0 Å². The van der Waals surface area contributed by atoms with Crippen LogP contribution in [-0.4, -0.2) is 0 Å². The van der Waals surface area contributed by atoms with Crippen LogP contribution >= 0.6 is 0 Å². The third-order valence-electron chi connectivity index (χ3n) is 19.3. The molecule has 0 N–H and O–H groups in total. The van der Waals surface area contributed by atoms with Crippen LogP contribution < -0.4 is 43.4 Å². The van der Waals surface area contributed by atoms with Crippen molar-refractivity contribution in [3.05, 3.63) is 365 Å². The number of hydrogen-bond donors (Lipinski definition) is 0. The predicted octanol–water partition coefficient (Wildman–Crippen LogP) is 24.4. The normalized spacial score (nSPS) is 10.1. The molecule has 0 amide bonds. The minimum absolute atomic E-state index is 0.113. The van der Waals surface area contributed by atoms with Crippen molar-refractivity contribution in [2.24, 2.45) is 0 Å². The fourth-order valence-corrected chi connectivity index (χ4v) is 11.6. The molecule has 0 aliphatic heterocycles. The Balaban J connectivity index is 0.000000639. The van der Waals surface area contributed by atoms with Crippen LogP contribution in [0.5, 0.6) is 0 Å². The Morgan fingerprint density at radius 3 is 0.604 bits per heavy atom. The van der Waals surface area contributed by atoms with Gasteiger partial charge in [0.05, 0.1) is 0 Å². The molecule has 8 aromatic carbocycles. The molecule has 0 aliphatic rings. The van der Waals surface area contributed by atoms with E-state index >= 15 is 0 Å². The molecule has 8 aromatic rings. The monoisotopic (exact) mass is 1510 g/mol. The van der Waals surface area contributed by atoms with Gasteiger partial charge in [-0.05, 0) is 277 Å². The van der Waals surface area contributed by atoms with E-state index in [0.29, 0.717) is 0 Å². The highest BCUT2D eigenvalue weighted by Crippen LogP contribution is 2.13. The number of rotatable bonds is 31. The van der Waals surface area contributed by atoms with E-state index in [0.717, 1.165) is 130 Å². The predicted molar refractivity (Wildman–Crippen MR) is 481 cm³/mol. The van der Waals surface area contributed by atoms with Gasteiger partial charge < -0.3 is 0 Å². The number of hydrogen-bond acceptors (Lipinski definition) is 8. The molecule has 0 spiro atoms. The average molecular weight is 1510 g/mol. The van der Waals surface area contributed by atoms with Crippen LogP contribution in [0.15, 0.2) is 232 Å². The second kappa shape index (κ2) is 63.7. The third kappa shape index (κ3) is 49.9. The second-order valence-electron chi connectivity index (χ2n) is 29.7. The van der Waals surface area contributed by atoms with Gasteiger partial charge in [0.2, 0.25) is 0 Å². The van der Waals surface area contributed by atoms with Crippen molar-refractivity contribution < 1.29 is 0 Å². The van der Waals surface area contributed by atoms with E-state index in [1.54, 1.807) is 48.5 Å². The zero-order valence-electron chi connectivity index (χ0n) is 71.7. The van der Waals surface area contributed by atoms with Gasteiger partial charge in [0, 0.05) is 0 Å². The summed E-state index contributed by atoms with van der Waals surface area (Å²) in [5.74, 6) is 0. The van der Waals surface area contributed by atoms with Crippen LogP contribution in [0.3, 0.4) is 0 Å². The molecule has 0 saturated heterocycles. The first-order valence-electron chi connectivity index (χ1n) is 42.1. The summed E-state index contributed by atoms with van der Waals surface area (Å²) in [4.78, 5) is 91.2. The van der Waals surface area contributed by atoms with E-state index in [1.807, 2.05) is 197 Å². The van der Waals surface area contributed by atoms with E-state index in [2.05, 4.69) is 59.7 Å². The third-order valence-corrected chi connectivity index (χ3v) is 19.3. The Hall–Kier alpha value is -8.88. The lowest BCUT2D eigenvalue weighted by atomic mass is 10.0. The molecule has 0 heterocycles. The van der Waals surface area contributed by atoms with Crippen LogP contribution in [0.4, 0.5) is 0 Å². The fraction of sp³-hybridized carbons (Fsp3) is 0.456. The minimum Gasteiger partial charge on any atom is -0.290 e. The molecule has 0 atom stereocenters. The average Bonchev–Trinajstić information content (AvgIpc) is 1.97. The van der Waals surface area contributed by atoms with Crippen molar-refractivity contribution in [2.75, 3.05) is 0 Å². The highest BCUT2D eigenvalue weighted by atomic mass is 16.1. The van der Waals surface area contributed by atoms with Crippen LogP contribution in [0.1, 0.15) is 292 Å². The summed E-state index contributed by atoms with van der Waals surface area (Å²) in [5, 5.41) is 0. The SMILES string of the molecule is CCCCCCCCCCc1cccc(C)c(=O)c1.CCCCCCCCc1cccc(C)c(=O)c1.CCCCCCc1cccc(C)c(=O)c1.CCCCCc1cccc(C)c(=O)c1.CCCCc1cccc(C)c(=O)c1.CCCc1cccc(C)c(=O)c1.CCc1cccc(C)c(=O)c1.Cc1cccc(C)c(=O)c1. The lowest BCUT2D eigenvalue weighted by Crippen LogP contribution is -1.99. The van der Waals surface area contributed by atoms with Crippen molar-refractivity contribution in [3.8, 4) is 0 Å². The molecule has 0 saturated carbocycles. The number of aryl methyl sites for hydroxylation is 16.